The first kappa shape index (κ1) is 10.6. The number of carboxylic acids is 1. The quantitative estimate of drug-likeness (QED) is 0.676. The van der Waals surface area contributed by atoms with E-state index in [1.54, 1.807) is 0 Å². The van der Waals surface area contributed by atoms with E-state index in [0.717, 1.165) is 49.1 Å². The molecule has 3 heteroatoms. The number of aliphatic carboxylic acids is 1. The number of fused-ring (bicyclic) bond motifs is 5. The number of unbranched alkanes of at least 4 members (excludes halogenated alkanes) is 1. The Bertz CT molecular complexity index is 276. The van der Waals surface area contributed by atoms with Crippen molar-refractivity contribution in [1.82, 2.24) is 5.32 Å². The Kier molecular flexibility index (Phi) is 2.66. The summed E-state index contributed by atoms with van der Waals surface area (Å²) >= 11 is 0. The molecule has 16 heavy (non-hydrogen) atoms. The van der Waals surface area contributed by atoms with Crippen molar-refractivity contribution in [3.8, 4) is 0 Å². The summed E-state index contributed by atoms with van der Waals surface area (Å²) in [7, 11) is 0. The van der Waals surface area contributed by atoms with Crippen molar-refractivity contribution in [3.63, 3.8) is 0 Å². The van der Waals surface area contributed by atoms with Crippen molar-refractivity contribution < 1.29 is 9.90 Å². The van der Waals surface area contributed by atoms with Gasteiger partial charge in [0.1, 0.15) is 0 Å². The molecule has 2 N–H and O–H groups in total. The second kappa shape index (κ2) is 4.02. The van der Waals surface area contributed by atoms with Crippen LogP contribution in [0.25, 0.3) is 0 Å². The molecule has 4 unspecified atom stereocenters. The van der Waals surface area contributed by atoms with Crippen LogP contribution in [0, 0.1) is 23.7 Å². The summed E-state index contributed by atoms with van der Waals surface area (Å²) in [5, 5.41) is 12.2. The van der Waals surface area contributed by atoms with Gasteiger partial charge in [0.05, 0.1) is 0 Å². The average Bonchev–Trinajstić information content (AvgIpc) is 2.67. The van der Waals surface area contributed by atoms with E-state index in [-0.39, 0.29) is 0 Å². The molecule has 90 valence electrons. The highest BCUT2D eigenvalue weighted by Gasteiger charge is 2.64. The molecule has 3 aliphatic carbocycles. The minimum atomic E-state index is -0.665. The Morgan fingerprint density at radius 1 is 1.19 bits per heavy atom. The SMILES string of the molecule is O=C(O)CCCCNC1C2C3CCC(C3)C12. The van der Waals surface area contributed by atoms with E-state index in [1.165, 1.54) is 19.3 Å². The Hall–Kier alpha value is -0.570. The molecular weight excluding hydrogens is 202 g/mol. The van der Waals surface area contributed by atoms with Gasteiger partial charge in [-0.1, -0.05) is 0 Å². The number of nitrogens with one attached hydrogen (secondary N) is 1. The van der Waals surface area contributed by atoms with Gasteiger partial charge in [-0.2, -0.15) is 0 Å². The number of carboxylic acid groups (broad SMARTS) is 1. The van der Waals surface area contributed by atoms with E-state index in [4.69, 9.17) is 5.11 Å². The molecule has 3 aliphatic rings. The molecule has 4 atom stereocenters. The fourth-order valence-electron chi connectivity index (χ4n) is 4.27. The van der Waals surface area contributed by atoms with Crippen LogP contribution in [0.2, 0.25) is 0 Å². The van der Waals surface area contributed by atoms with E-state index >= 15 is 0 Å². The molecule has 3 rings (SSSR count). The van der Waals surface area contributed by atoms with Crippen LogP contribution in [0.3, 0.4) is 0 Å². The Morgan fingerprint density at radius 2 is 1.88 bits per heavy atom. The van der Waals surface area contributed by atoms with Crippen molar-refractivity contribution in [2.24, 2.45) is 23.7 Å². The van der Waals surface area contributed by atoms with Gasteiger partial charge in [0.2, 0.25) is 0 Å². The minimum Gasteiger partial charge on any atom is -0.481 e. The van der Waals surface area contributed by atoms with Crippen LogP contribution in [0.1, 0.15) is 38.5 Å². The van der Waals surface area contributed by atoms with Crippen LogP contribution in [-0.4, -0.2) is 23.7 Å². The molecule has 3 nitrogen and oxygen atoms in total. The monoisotopic (exact) mass is 223 g/mol. The highest BCUT2D eigenvalue weighted by atomic mass is 16.4. The van der Waals surface area contributed by atoms with Gasteiger partial charge in [0.25, 0.3) is 0 Å². The predicted octanol–water partition coefficient (Wildman–Crippen LogP) is 1.88. The van der Waals surface area contributed by atoms with Gasteiger partial charge < -0.3 is 10.4 Å². The molecule has 0 radical (unpaired) electrons. The smallest absolute Gasteiger partial charge is 0.303 e. The Labute approximate surface area is 96.6 Å². The largest absolute Gasteiger partial charge is 0.481 e. The van der Waals surface area contributed by atoms with Crippen molar-refractivity contribution in [2.45, 2.75) is 44.6 Å². The average molecular weight is 223 g/mol. The van der Waals surface area contributed by atoms with Crippen molar-refractivity contribution in [2.75, 3.05) is 6.54 Å². The zero-order valence-corrected chi connectivity index (χ0v) is 9.69. The highest BCUT2D eigenvalue weighted by molar-refractivity contribution is 5.66. The predicted molar refractivity (Wildman–Crippen MR) is 61.1 cm³/mol. The zero-order chi connectivity index (χ0) is 11.1. The van der Waals surface area contributed by atoms with Crippen LogP contribution in [-0.2, 0) is 4.79 Å². The number of hydrogen-bond donors (Lipinski definition) is 2. The van der Waals surface area contributed by atoms with Crippen LogP contribution >= 0.6 is 0 Å². The fourth-order valence-corrected chi connectivity index (χ4v) is 4.27. The summed E-state index contributed by atoms with van der Waals surface area (Å²) in [6, 6.07) is 0.802. The maximum Gasteiger partial charge on any atom is 0.303 e. The normalized spacial score (nSPS) is 43.4. The third-order valence-corrected chi connectivity index (χ3v) is 4.93. The van der Waals surface area contributed by atoms with E-state index in [1.807, 2.05) is 0 Å². The van der Waals surface area contributed by atoms with Crippen LogP contribution in [0.4, 0.5) is 0 Å². The van der Waals surface area contributed by atoms with Gasteiger partial charge in [-0.3, -0.25) is 4.79 Å². The first-order valence-corrected chi connectivity index (χ1v) is 6.72. The molecule has 2 bridgehead atoms. The summed E-state index contributed by atoms with van der Waals surface area (Å²) in [5.74, 6) is 3.40. The molecule has 0 aromatic carbocycles. The van der Waals surface area contributed by atoms with E-state index in [2.05, 4.69) is 5.32 Å². The summed E-state index contributed by atoms with van der Waals surface area (Å²) in [4.78, 5) is 10.3. The molecule has 3 fully saturated rings. The lowest BCUT2D eigenvalue weighted by molar-refractivity contribution is -0.137. The van der Waals surface area contributed by atoms with E-state index < -0.39 is 5.97 Å². The summed E-state index contributed by atoms with van der Waals surface area (Å²) < 4.78 is 0. The van der Waals surface area contributed by atoms with E-state index in [0.29, 0.717) is 6.42 Å². The van der Waals surface area contributed by atoms with Gasteiger partial charge in [-0.25, -0.2) is 0 Å². The van der Waals surface area contributed by atoms with E-state index in [9.17, 15) is 4.79 Å². The van der Waals surface area contributed by atoms with Crippen LogP contribution < -0.4 is 5.32 Å². The highest BCUT2D eigenvalue weighted by Crippen LogP contribution is 2.65. The lowest BCUT2D eigenvalue weighted by Crippen LogP contribution is -2.24. The maximum absolute atomic E-state index is 10.3. The third-order valence-electron chi connectivity index (χ3n) is 4.93. The topological polar surface area (TPSA) is 49.3 Å². The summed E-state index contributed by atoms with van der Waals surface area (Å²) in [5.41, 5.74) is 0. The second-order valence-electron chi connectivity index (χ2n) is 5.82. The summed E-state index contributed by atoms with van der Waals surface area (Å²) in [6.07, 6.45) is 6.61. The first-order chi connectivity index (χ1) is 7.77. The van der Waals surface area contributed by atoms with Gasteiger partial charge in [0.15, 0.2) is 0 Å². The minimum absolute atomic E-state index is 0.324. The first-order valence-electron chi connectivity index (χ1n) is 6.72. The molecule has 0 amide bonds. The number of hydrogen-bond acceptors (Lipinski definition) is 2. The van der Waals surface area contributed by atoms with Crippen molar-refractivity contribution >= 4 is 5.97 Å². The molecule has 0 aromatic rings. The molecule has 0 saturated heterocycles. The van der Waals surface area contributed by atoms with Gasteiger partial charge in [-0.05, 0) is 62.3 Å². The Balaban J connectivity index is 1.32. The standard InChI is InChI=1S/C13H21NO2/c15-10(16)3-1-2-6-14-13-11-8-4-5-9(7-8)12(11)13/h8-9,11-14H,1-7H2,(H,15,16). The van der Waals surface area contributed by atoms with Crippen LogP contribution in [0.15, 0.2) is 0 Å². The van der Waals surface area contributed by atoms with Crippen molar-refractivity contribution in [3.05, 3.63) is 0 Å². The second-order valence-corrected chi connectivity index (χ2v) is 5.82. The third kappa shape index (κ3) is 1.75. The maximum atomic E-state index is 10.3. The number of carbonyl (C=O) groups is 1. The van der Waals surface area contributed by atoms with Crippen molar-refractivity contribution in [1.29, 1.82) is 0 Å². The molecule has 0 aromatic heterocycles. The molecule has 0 aliphatic heterocycles. The van der Waals surface area contributed by atoms with Gasteiger partial charge >= 0.3 is 5.97 Å². The lowest BCUT2D eigenvalue weighted by Gasteiger charge is -2.09. The van der Waals surface area contributed by atoms with Gasteiger partial charge in [0, 0.05) is 12.5 Å². The van der Waals surface area contributed by atoms with Crippen LogP contribution in [0.5, 0.6) is 0 Å². The number of rotatable bonds is 6. The lowest BCUT2D eigenvalue weighted by atomic mass is 10.0. The Morgan fingerprint density at radius 3 is 2.50 bits per heavy atom. The molecule has 0 spiro atoms. The molecule has 0 heterocycles. The van der Waals surface area contributed by atoms with Gasteiger partial charge in [-0.15, -0.1) is 0 Å². The molecular formula is C13H21NO2. The molecule has 3 saturated carbocycles. The zero-order valence-electron chi connectivity index (χ0n) is 9.69. The summed E-state index contributed by atoms with van der Waals surface area (Å²) in [6.45, 7) is 1.02. The fraction of sp³-hybridized carbons (Fsp3) is 0.923.